The van der Waals surface area contributed by atoms with Gasteiger partial charge >= 0.3 is 0 Å². The molecule has 1 N–H and O–H groups in total. The maximum atomic E-state index is 14.7. The number of anilines is 1. The molecule has 2 aromatic carbocycles. The van der Waals surface area contributed by atoms with Gasteiger partial charge in [0.2, 0.25) is 0 Å². The number of rotatable bonds is 1. The summed E-state index contributed by atoms with van der Waals surface area (Å²) < 4.78 is 35.0. The monoisotopic (exact) mass is 393 g/mol. The van der Waals surface area contributed by atoms with Crippen LogP contribution in [0.25, 0.3) is 16.7 Å². The fourth-order valence-electron chi connectivity index (χ4n) is 5.12. The van der Waals surface area contributed by atoms with Crippen LogP contribution in [0.4, 0.5) is 14.5 Å². The molecule has 4 heteroatoms. The first kappa shape index (κ1) is 18.4. The van der Waals surface area contributed by atoms with Gasteiger partial charge in [-0.05, 0) is 68.4 Å². The van der Waals surface area contributed by atoms with Crippen molar-refractivity contribution in [3.8, 4) is 16.9 Å². The number of benzene rings is 2. The zero-order valence-corrected chi connectivity index (χ0v) is 17.2. The Bertz CT molecular complexity index is 1100. The highest BCUT2D eigenvalue weighted by atomic mass is 19.1. The van der Waals surface area contributed by atoms with Crippen molar-refractivity contribution in [2.75, 3.05) is 5.32 Å². The molecule has 2 heterocycles. The van der Waals surface area contributed by atoms with Crippen molar-refractivity contribution >= 4 is 11.3 Å². The van der Waals surface area contributed by atoms with Crippen LogP contribution in [0.15, 0.2) is 42.0 Å². The first-order valence-corrected chi connectivity index (χ1v) is 10.2. The molecule has 2 nitrogen and oxygen atoms in total. The summed E-state index contributed by atoms with van der Waals surface area (Å²) >= 11 is 0. The molecule has 1 aliphatic carbocycles. The van der Waals surface area contributed by atoms with Gasteiger partial charge in [0.15, 0.2) is 11.6 Å². The second-order valence-electron chi connectivity index (χ2n) is 9.14. The molecule has 0 aromatic heterocycles. The van der Waals surface area contributed by atoms with E-state index in [0.717, 1.165) is 46.9 Å². The Morgan fingerprint density at radius 3 is 2.66 bits per heavy atom. The minimum atomic E-state index is -0.647. The average Bonchev–Trinajstić information content (AvgIpc) is 3.05. The molecule has 0 bridgehead atoms. The lowest BCUT2D eigenvalue weighted by Crippen LogP contribution is -2.32. The second-order valence-corrected chi connectivity index (χ2v) is 9.14. The van der Waals surface area contributed by atoms with E-state index in [1.807, 2.05) is 12.1 Å². The van der Waals surface area contributed by atoms with Gasteiger partial charge in [0.1, 0.15) is 11.9 Å². The summed E-state index contributed by atoms with van der Waals surface area (Å²) in [5, 5.41) is 3.58. The van der Waals surface area contributed by atoms with Crippen LogP contribution in [-0.4, -0.2) is 5.54 Å². The zero-order chi connectivity index (χ0) is 20.5. The molecule has 2 aliphatic heterocycles. The summed E-state index contributed by atoms with van der Waals surface area (Å²) in [6, 6.07) is 6.28. The van der Waals surface area contributed by atoms with Crippen LogP contribution < -0.4 is 10.1 Å². The average molecular weight is 393 g/mol. The molecule has 0 radical (unpaired) electrons. The summed E-state index contributed by atoms with van der Waals surface area (Å²) in [5.41, 5.74) is 6.64. The van der Waals surface area contributed by atoms with Gasteiger partial charge in [-0.2, -0.15) is 0 Å². The van der Waals surface area contributed by atoms with E-state index in [-0.39, 0.29) is 17.4 Å². The van der Waals surface area contributed by atoms with Crippen molar-refractivity contribution in [2.45, 2.75) is 52.2 Å². The summed E-state index contributed by atoms with van der Waals surface area (Å²) in [5.74, 6) is -0.612. The zero-order valence-electron chi connectivity index (χ0n) is 17.2. The Labute approximate surface area is 170 Å². The number of allylic oxidation sites excluding steroid dienone is 2. The van der Waals surface area contributed by atoms with E-state index in [1.54, 1.807) is 0 Å². The van der Waals surface area contributed by atoms with Crippen LogP contribution in [-0.2, 0) is 0 Å². The van der Waals surface area contributed by atoms with Crippen molar-refractivity contribution < 1.29 is 13.5 Å². The number of hydrogen-bond acceptors (Lipinski definition) is 2. The summed E-state index contributed by atoms with van der Waals surface area (Å²) in [7, 11) is 0. The fourth-order valence-corrected chi connectivity index (χ4v) is 5.12. The predicted molar refractivity (Wildman–Crippen MR) is 113 cm³/mol. The number of nitrogens with one attached hydrogen (secondary N) is 1. The normalized spacial score (nSPS) is 23.8. The first-order valence-electron chi connectivity index (χ1n) is 10.2. The molecular formula is C25H25F2NO. The maximum Gasteiger partial charge on any atom is 0.168 e. The van der Waals surface area contributed by atoms with E-state index < -0.39 is 11.6 Å². The molecular weight excluding hydrogens is 368 g/mol. The molecule has 0 amide bonds. The van der Waals surface area contributed by atoms with Crippen molar-refractivity contribution in [3.05, 3.63) is 64.8 Å². The highest BCUT2D eigenvalue weighted by Crippen LogP contribution is 2.53. The van der Waals surface area contributed by atoms with E-state index in [0.29, 0.717) is 11.5 Å². The fraction of sp³-hybridized carbons (Fsp3) is 0.360. The highest BCUT2D eigenvalue weighted by Gasteiger charge is 2.37. The van der Waals surface area contributed by atoms with Crippen molar-refractivity contribution in [1.82, 2.24) is 0 Å². The molecule has 2 unspecified atom stereocenters. The molecule has 0 fully saturated rings. The lowest BCUT2D eigenvalue weighted by Gasteiger charge is -2.37. The van der Waals surface area contributed by atoms with Gasteiger partial charge in [-0.15, -0.1) is 0 Å². The van der Waals surface area contributed by atoms with Crippen LogP contribution in [0.1, 0.15) is 57.8 Å². The van der Waals surface area contributed by atoms with Gasteiger partial charge in [-0.1, -0.05) is 25.1 Å². The highest BCUT2D eigenvalue weighted by molar-refractivity contribution is 5.90. The lowest BCUT2D eigenvalue weighted by atomic mass is 9.80. The van der Waals surface area contributed by atoms with Gasteiger partial charge in [0.25, 0.3) is 0 Å². The minimum Gasteiger partial charge on any atom is -0.478 e. The maximum absolute atomic E-state index is 14.7. The van der Waals surface area contributed by atoms with Gasteiger partial charge in [0, 0.05) is 28.4 Å². The number of ether oxygens (including phenoxy) is 1. The molecule has 5 rings (SSSR count). The van der Waals surface area contributed by atoms with Crippen molar-refractivity contribution in [2.24, 2.45) is 5.92 Å². The van der Waals surface area contributed by atoms with Gasteiger partial charge in [-0.25, -0.2) is 8.78 Å². The molecule has 0 saturated heterocycles. The third-order valence-electron chi connectivity index (χ3n) is 6.19. The van der Waals surface area contributed by atoms with Crippen LogP contribution >= 0.6 is 0 Å². The molecule has 2 atom stereocenters. The standard InChI is InChI=1S/C25H25F2NO/c1-13-5-6-15(9-13)23-22-17(18-10-16(26)11-19(27)24(18)29-23)7-8-20-21(22)14(2)12-25(3,4)28-20/h7-13,23,28H,5-6H2,1-4H3. The molecule has 2 aromatic rings. The molecule has 0 saturated carbocycles. The van der Waals surface area contributed by atoms with Crippen LogP contribution in [0.5, 0.6) is 5.75 Å². The second kappa shape index (κ2) is 6.19. The Balaban J connectivity index is 1.81. The molecule has 0 spiro atoms. The summed E-state index contributed by atoms with van der Waals surface area (Å²) in [4.78, 5) is 0. The van der Waals surface area contributed by atoms with E-state index in [2.05, 4.69) is 45.2 Å². The SMILES string of the molecule is CC1=CC(C)(C)Nc2ccc3c(c21)C(C1=CC(C)CC1)Oc1c(F)cc(F)cc1-3. The van der Waals surface area contributed by atoms with E-state index in [9.17, 15) is 8.78 Å². The molecule has 29 heavy (non-hydrogen) atoms. The largest absolute Gasteiger partial charge is 0.478 e. The van der Waals surface area contributed by atoms with Crippen LogP contribution in [0.2, 0.25) is 0 Å². The van der Waals surface area contributed by atoms with Crippen molar-refractivity contribution in [3.63, 3.8) is 0 Å². The van der Waals surface area contributed by atoms with Gasteiger partial charge in [-0.3, -0.25) is 0 Å². The van der Waals surface area contributed by atoms with Crippen molar-refractivity contribution in [1.29, 1.82) is 0 Å². The molecule has 3 aliphatic rings. The Kier molecular flexibility index (Phi) is 3.93. The Morgan fingerprint density at radius 2 is 1.93 bits per heavy atom. The van der Waals surface area contributed by atoms with E-state index >= 15 is 0 Å². The number of halogens is 2. The lowest BCUT2D eigenvalue weighted by molar-refractivity contribution is 0.224. The van der Waals surface area contributed by atoms with E-state index in [1.165, 1.54) is 11.6 Å². The Morgan fingerprint density at radius 1 is 1.14 bits per heavy atom. The number of fused-ring (bicyclic) bond motifs is 5. The quantitative estimate of drug-likeness (QED) is 0.525. The van der Waals surface area contributed by atoms with Crippen LogP contribution in [0.3, 0.4) is 0 Å². The first-order chi connectivity index (χ1) is 13.7. The number of hydrogen-bond donors (Lipinski definition) is 1. The molecule has 150 valence electrons. The third kappa shape index (κ3) is 2.88. The van der Waals surface area contributed by atoms with Gasteiger partial charge in [0.05, 0.1) is 5.54 Å². The minimum absolute atomic E-state index is 0.148. The smallest absolute Gasteiger partial charge is 0.168 e. The summed E-state index contributed by atoms with van der Waals surface area (Å²) in [6.45, 7) is 8.56. The summed E-state index contributed by atoms with van der Waals surface area (Å²) in [6.07, 6.45) is 6.09. The topological polar surface area (TPSA) is 21.3 Å². The van der Waals surface area contributed by atoms with Crippen LogP contribution in [0, 0.1) is 17.6 Å². The van der Waals surface area contributed by atoms with Gasteiger partial charge < -0.3 is 10.1 Å². The predicted octanol–water partition coefficient (Wildman–Crippen LogP) is 7.03. The third-order valence-corrected chi connectivity index (χ3v) is 6.19. The Hall–Kier alpha value is -2.62. The van der Waals surface area contributed by atoms with E-state index in [4.69, 9.17) is 4.74 Å².